The van der Waals surface area contributed by atoms with Gasteiger partial charge in [-0.2, -0.15) is 5.10 Å². The van der Waals surface area contributed by atoms with E-state index in [9.17, 15) is 4.79 Å². The number of amides is 1. The summed E-state index contributed by atoms with van der Waals surface area (Å²) in [6.07, 6.45) is 1.65. The number of aromatic nitrogens is 2. The quantitative estimate of drug-likeness (QED) is 0.719. The lowest BCUT2D eigenvalue weighted by Gasteiger charge is -2.04. The molecule has 0 spiro atoms. The molecule has 4 heteroatoms. The molecule has 1 rings (SSSR count). The van der Waals surface area contributed by atoms with Gasteiger partial charge in [-0.3, -0.25) is 9.48 Å². The van der Waals surface area contributed by atoms with E-state index in [0.29, 0.717) is 6.54 Å². The first kappa shape index (κ1) is 10.5. The first-order valence-electron chi connectivity index (χ1n) is 4.52. The molecule has 1 amide bonds. The van der Waals surface area contributed by atoms with E-state index in [1.54, 1.807) is 10.8 Å². The lowest BCUT2D eigenvalue weighted by molar-refractivity contribution is -0.121. The number of nitrogens with zero attached hydrogens (tertiary/aromatic N) is 2. The van der Waals surface area contributed by atoms with Crippen LogP contribution in [0.15, 0.2) is 18.7 Å². The predicted octanol–water partition coefficient (Wildman–Crippen LogP) is 0.802. The molecule has 0 aliphatic heterocycles. The second-order valence-electron chi connectivity index (χ2n) is 3.18. The first-order valence-corrected chi connectivity index (χ1v) is 4.52. The van der Waals surface area contributed by atoms with Crippen molar-refractivity contribution < 1.29 is 4.79 Å². The Hall–Kier alpha value is -1.58. The number of carbonyl (C=O) groups excluding carboxylic acids is 1. The molecule has 0 aliphatic carbocycles. The third-order valence-electron chi connectivity index (χ3n) is 1.84. The molecule has 0 atom stereocenters. The van der Waals surface area contributed by atoms with Crippen molar-refractivity contribution in [2.75, 3.05) is 6.54 Å². The van der Waals surface area contributed by atoms with Gasteiger partial charge in [0.2, 0.25) is 5.91 Å². The van der Waals surface area contributed by atoms with E-state index in [1.165, 1.54) is 0 Å². The average Bonchev–Trinajstić information content (AvgIpc) is 2.42. The lowest BCUT2D eigenvalue weighted by atomic mass is 10.4. The Balaban J connectivity index is 2.55. The molecule has 0 aromatic carbocycles. The molecule has 0 saturated heterocycles. The molecule has 0 fully saturated rings. The van der Waals surface area contributed by atoms with Crippen LogP contribution in [0.4, 0.5) is 0 Å². The van der Waals surface area contributed by atoms with Crippen molar-refractivity contribution in [2.24, 2.45) is 0 Å². The summed E-state index contributed by atoms with van der Waals surface area (Å²) >= 11 is 0. The van der Waals surface area contributed by atoms with Gasteiger partial charge < -0.3 is 5.32 Å². The SMILES string of the molecule is C=CCNC(=O)Cn1nc(C)cc1C. The highest BCUT2D eigenvalue weighted by Crippen LogP contribution is 2.00. The Kier molecular flexibility index (Phi) is 3.45. The minimum atomic E-state index is -0.0453. The summed E-state index contributed by atoms with van der Waals surface area (Å²) in [4.78, 5) is 11.3. The predicted molar refractivity (Wildman–Crippen MR) is 54.9 cm³/mol. The fourth-order valence-electron chi connectivity index (χ4n) is 1.21. The maximum absolute atomic E-state index is 11.3. The normalized spacial score (nSPS) is 9.86. The van der Waals surface area contributed by atoms with Crippen LogP contribution in [-0.2, 0) is 11.3 Å². The fourth-order valence-corrected chi connectivity index (χ4v) is 1.21. The summed E-state index contributed by atoms with van der Waals surface area (Å²) < 4.78 is 1.69. The van der Waals surface area contributed by atoms with E-state index in [1.807, 2.05) is 19.9 Å². The molecule has 76 valence electrons. The van der Waals surface area contributed by atoms with Crippen LogP contribution in [0.5, 0.6) is 0 Å². The summed E-state index contributed by atoms with van der Waals surface area (Å²) in [6, 6.07) is 1.95. The molecular weight excluding hydrogens is 178 g/mol. The third-order valence-corrected chi connectivity index (χ3v) is 1.84. The first-order chi connectivity index (χ1) is 6.63. The van der Waals surface area contributed by atoms with Crippen LogP contribution in [0.25, 0.3) is 0 Å². The van der Waals surface area contributed by atoms with Crippen molar-refractivity contribution in [3.8, 4) is 0 Å². The molecule has 0 saturated carbocycles. The number of hydrogen-bond donors (Lipinski definition) is 1. The zero-order chi connectivity index (χ0) is 10.6. The van der Waals surface area contributed by atoms with E-state index in [0.717, 1.165) is 11.4 Å². The van der Waals surface area contributed by atoms with Gasteiger partial charge in [-0.15, -0.1) is 6.58 Å². The molecule has 1 aromatic heterocycles. The molecule has 0 bridgehead atoms. The van der Waals surface area contributed by atoms with Crippen LogP contribution in [0.1, 0.15) is 11.4 Å². The van der Waals surface area contributed by atoms with Crippen molar-refractivity contribution in [3.63, 3.8) is 0 Å². The van der Waals surface area contributed by atoms with E-state index in [4.69, 9.17) is 0 Å². The van der Waals surface area contributed by atoms with Crippen molar-refractivity contribution >= 4 is 5.91 Å². The van der Waals surface area contributed by atoms with Crippen LogP contribution >= 0.6 is 0 Å². The van der Waals surface area contributed by atoms with Gasteiger partial charge in [0.05, 0.1) is 5.69 Å². The lowest BCUT2D eigenvalue weighted by Crippen LogP contribution is -2.28. The van der Waals surface area contributed by atoms with Crippen LogP contribution in [0, 0.1) is 13.8 Å². The molecule has 4 nitrogen and oxygen atoms in total. The van der Waals surface area contributed by atoms with Gasteiger partial charge in [0.1, 0.15) is 6.54 Å². The topological polar surface area (TPSA) is 46.9 Å². The Morgan fingerprint density at radius 1 is 1.71 bits per heavy atom. The molecule has 0 unspecified atom stereocenters. The van der Waals surface area contributed by atoms with Gasteiger partial charge in [0, 0.05) is 12.2 Å². The Bertz CT molecular complexity index is 341. The van der Waals surface area contributed by atoms with Gasteiger partial charge in [0.25, 0.3) is 0 Å². The van der Waals surface area contributed by atoms with Gasteiger partial charge in [-0.1, -0.05) is 6.08 Å². The van der Waals surface area contributed by atoms with Crippen molar-refractivity contribution in [1.82, 2.24) is 15.1 Å². The number of nitrogens with one attached hydrogen (secondary N) is 1. The number of hydrogen-bond acceptors (Lipinski definition) is 2. The van der Waals surface area contributed by atoms with E-state index in [2.05, 4.69) is 17.0 Å². The standard InChI is InChI=1S/C10H15N3O/c1-4-5-11-10(14)7-13-9(3)6-8(2)12-13/h4,6H,1,5,7H2,2-3H3,(H,11,14). The molecule has 14 heavy (non-hydrogen) atoms. The molecule has 0 radical (unpaired) electrons. The van der Waals surface area contributed by atoms with Crippen LogP contribution in [0.3, 0.4) is 0 Å². The van der Waals surface area contributed by atoms with E-state index in [-0.39, 0.29) is 12.5 Å². The van der Waals surface area contributed by atoms with Crippen molar-refractivity contribution in [3.05, 3.63) is 30.1 Å². The Morgan fingerprint density at radius 3 is 2.93 bits per heavy atom. The van der Waals surface area contributed by atoms with E-state index >= 15 is 0 Å². The molecule has 1 heterocycles. The minimum Gasteiger partial charge on any atom is -0.351 e. The zero-order valence-corrected chi connectivity index (χ0v) is 8.58. The Morgan fingerprint density at radius 2 is 2.43 bits per heavy atom. The van der Waals surface area contributed by atoms with E-state index < -0.39 is 0 Å². The highest BCUT2D eigenvalue weighted by molar-refractivity contribution is 5.75. The van der Waals surface area contributed by atoms with Gasteiger partial charge in [-0.25, -0.2) is 0 Å². The second-order valence-corrected chi connectivity index (χ2v) is 3.18. The Labute approximate surface area is 83.6 Å². The van der Waals surface area contributed by atoms with Crippen molar-refractivity contribution in [1.29, 1.82) is 0 Å². The largest absolute Gasteiger partial charge is 0.351 e. The minimum absolute atomic E-state index is 0.0453. The summed E-state index contributed by atoms with van der Waals surface area (Å²) in [5.41, 5.74) is 1.93. The van der Waals surface area contributed by atoms with Gasteiger partial charge in [0.15, 0.2) is 0 Å². The highest BCUT2D eigenvalue weighted by atomic mass is 16.2. The summed E-state index contributed by atoms with van der Waals surface area (Å²) in [5, 5.41) is 6.89. The maximum Gasteiger partial charge on any atom is 0.241 e. The second kappa shape index (κ2) is 4.60. The number of aryl methyl sites for hydroxylation is 2. The maximum atomic E-state index is 11.3. The van der Waals surface area contributed by atoms with Crippen LogP contribution in [0.2, 0.25) is 0 Å². The van der Waals surface area contributed by atoms with Crippen LogP contribution in [-0.4, -0.2) is 22.2 Å². The zero-order valence-electron chi connectivity index (χ0n) is 8.58. The van der Waals surface area contributed by atoms with Crippen LogP contribution < -0.4 is 5.32 Å². The molecule has 1 aromatic rings. The summed E-state index contributed by atoms with van der Waals surface area (Å²) in [7, 11) is 0. The van der Waals surface area contributed by atoms with Gasteiger partial charge >= 0.3 is 0 Å². The third kappa shape index (κ3) is 2.73. The summed E-state index contributed by atoms with van der Waals surface area (Å²) in [5.74, 6) is -0.0453. The average molecular weight is 193 g/mol. The monoisotopic (exact) mass is 193 g/mol. The smallest absolute Gasteiger partial charge is 0.241 e. The fraction of sp³-hybridized carbons (Fsp3) is 0.400. The van der Waals surface area contributed by atoms with Gasteiger partial charge in [-0.05, 0) is 19.9 Å². The number of carbonyl (C=O) groups is 1. The molecule has 1 N–H and O–H groups in total. The highest BCUT2D eigenvalue weighted by Gasteiger charge is 2.05. The molecular formula is C10H15N3O. The number of rotatable bonds is 4. The summed E-state index contributed by atoms with van der Waals surface area (Å²) in [6.45, 7) is 8.13. The molecule has 0 aliphatic rings. The van der Waals surface area contributed by atoms with Crippen molar-refractivity contribution in [2.45, 2.75) is 20.4 Å².